The molecule has 1 saturated carbocycles. The van der Waals surface area contributed by atoms with Gasteiger partial charge in [0, 0.05) is 12.8 Å². The molecule has 0 aromatic carbocycles. The summed E-state index contributed by atoms with van der Waals surface area (Å²) in [7, 11) is -5.13. The topological polar surface area (TPSA) is 210 Å². The SMILES string of the molecule is CCCCC/C=C/C=C/CCCCCCCCC(=O)OCC(COP(=O)(O)OC1C(O)C(O)C(O)[C@H](O)C1O)OC(=O)CC/C=C/C/C=C/CCCCCCCC. The summed E-state index contributed by atoms with van der Waals surface area (Å²) in [5, 5.41) is 50.0. The average molecular weight is 831 g/mol. The molecule has 6 N–H and O–H groups in total. The van der Waals surface area contributed by atoms with Gasteiger partial charge in [-0.3, -0.25) is 18.6 Å². The lowest BCUT2D eigenvalue weighted by Gasteiger charge is -2.41. The fourth-order valence-electron chi connectivity index (χ4n) is 6.15. The highest BCUT2D eigenvalue weighted by Gasteiger charge is 2.51. The minimum absolute atomic E-state index is 0.0132. The molecular formula is C43H75O13P. The summed E-state index contributed by atoms with van der Waals surface area (Å²) in [6.45, 7) is 3.18. The zero-order valence-electron chi connectivity index (χ0n) is 34.6. The van der Waals surface area contributed by atoms with Crippen molar-refractivity contribution in [3.63, 3.8) is 0 Å². The number of carbonyl (C=O) groups excluding carboxylic acids is 2. The molecule has 0 bridgehead atoms. The molecule has 0 heterocycles. The number of hydrogen-bond acceptors (Lipinski definition) is 12. The molecule has 1 fully saturated rings. The van der Waals surface area contributed by atoms with Crippen LogP contribution in [-0.2, 0) is 32.7 Å². The molecule has 57 heavy (non-hydrogen) atoms. The van der Waals surface area contributed by atoms with Gasteiger partial charge in [-0.15, -0.1) is 0 Å². The molecule has 0 aliphatic heterocycles. The van der Waals surface area contributed by atoms with Gasteiger partial charge in [0.25, 0.3) is 0 Å². The first-order valence-electron chi connectivity index (χ1n) is 21.5. The van der Waals surface area contributed by atoms with Gasteiger partial charge in [0.15, 0.2) is 6.10 Å². The van der Waals surface area contributed by atoms with Crippen LogP contribution in [0, 0.1) is 0 Å². The van der Waals surface area contributed by atoms with Gasteiger partial charge in [0.2, 0.25) is 0 Å². The normalized spacial score (nSPS) is 23.2. The predicted molar refractivity (Wildman–Crippen MR) is 221 cm³/mol. The Hall–Kier alpha value is -2.19. The summed E-state index contributed by atoms with van der Waals surface area (Å²) >= 11 is 0. The molecule has 330 valence electrons. The Morgan fingerprint density at radius 2 is 1.04 bits per heavy atom. The van der Waals surface area contributed by atoms with Crippen LogP contribution in [0.15, 0.2) is 48.6 Å². The maximum atomic E-state index is 12.8. The summed E-state index contributed by atoms with van der Waals surface area (Å²) < 4.78 is 33.3. The fourth-order valence-corrected chi connectivity index (χ4v) is 7.13. The van der Waals surface area contributed by atoms with Crippen LogP contribution < -0.4 is 0 Å². The van der Waals surface area contributed by atoms with E-state index in [2.05, 4.69) is 50.3 Å². The van der Waals surface area contributed by atoms with Crippen molar-refractivity contribution in [3.8, 4) is 0 Å². The number of unbranched alkanes of at least 4 members (excludes halogenated alkanes) is 15. The minimum atomic E-state index is -5.13. The van der Waals surface area contributed by atoms with Crippen LogP contribution >= 0.6 is 7.82 Å². The van der Waals surface area contributed by atoms with E-state index in [-0.39, 0.29) is 12.8 Å². The first-order valence-corrected chi connectivity index (χ1v) is 23.0. The largest absolute Gasteiger partial charge is 0.472 e. The molecule has 8 atom stereocenters. The van der Waals surface area contributed by atoms with Crippen LogP contribution in [0.2, 0.25) is 0 Å². The van der Waals surface area contributed by atoms with Crippen molar-refractivity contribution in [1.82, 2.24) is 0 Å². The minimum Gasteiger partial charge on any atom is -0.462 e. The number of aliphatic hydroxyl groups is 5. The molecule has 14 heteroatoms. The van der Waals surface area contributed by atoms with Crippen LogP contribution in [0.25, 0.3) is 0 Å². The van der Waals surface area contributed by atoms with Crippen LogP contribution in [-0.4, -0.2) is 98.3 Å². The van der Waals surface area contributed by atoms with Crippen molar-refractivity contribution in [2.24, 2.45) is 0 Å². The first kappa shape index (κ1) is 52.8. The van der Waals surface area contributed by atoms with Crippen molar-refractivity contribution in [2.75, 3.05) is 13.2 Å². The highest BCUT2D eigenvalue weighted by Crippen LogP contribution is 2.47. The Morgan fingerprint density at radius 3 is 1.63 bits per heavy atom. The van der Waals surface area contributed by atoms with E-state index in [4.69, 9.17) is 18.5 Å². The van der Waals surface area contributed by atoms with Crippen molar-refractivity contribution in [2.45, 2.75) is 198 Å². The summed E-state index contributed by atoms with van der Waals surface area (Å²) in [5.74, 6) is -1.20. The van der Waals surface area contributed by atoms with E-state index in [1.807, 2.05) is 12.2 Å². The lowest BCUT2D eigenvalue weighted by Crippen LogP contribution is -2.64. The first-order chi connectivity index (χ1) is 27.4. The number of allylic oxidation sites excluding steroid dienone is 8. The highest BCUT2D eigenvalue weighted by atomic mass is 31.2. The highest BCUT2D eigenvalue weighted by molar-refractivity contribution is 7.47. The van der Waals surface area contributed by atoms with Gasteiger partial charge in [-0.25, -0.2) is 4.57 Å². The second-order valence-electron chi connectivity index (χ2n) is 14.9. The summed E-state index contributed by atoms with van der Waals surface area (Å²) in [6.07, 6.45) is 24.7. The van der Waals surface area contributed by atoms with Crippen LogP contribution in [0.5, 0.6) is 0 Å². The number of hydrogen-bond donors (Lipinski definition) is 6. The molecule has 0 saturated heterocycles. The molecule has 0 spiro atoms. The van der Waals surface area contributed by atoms with Gasteiger partial charge in [-0.2, -0.15) is 0 Å². The Balaban J connectivity index is 2.54. The van der Waals surface area contributed by atoms with Gasteiger partial charge in [0.1, 0.15) is 43.2 Å². The smallest absolute Gasteiger partial charge is 0.462 e. The number of aliphatic hydroxyl groups excluding tert-OH is 5. The van der Waals surface area contributed by atoms with E-state index in [1.54, 1.807) is 0 Å². The third-order valence-corrected chi connectivity index (χ3v) is 10.7. The van der Waals surface area contributed by atoms with Gasteiger partial charge in [-0.1, -0.05) is 133 Å². The number of ether oxygens (including phenoxy) is 2. The number of carbonyl (C=O) groups is 2. The second kappa shape index (κ2) is 33.6. The lowest BCUT2D eigenvalue weighted by molar-refractivity contribution is -0.220. The van der Waals surface area contributed by atoms with E-state index >= 15 is 0 Å². The third kappa shape index (κ3) is 26.5. The molecule has 0 aromatic heterocycles. The maximum absolute atomic E-state index is 12.8. The fraction of sp³-hybridized carbons (Fsp3) is 0.767. The standard InChI is InChI=1S/C43H75O13P/c1-3-5-7-9-11-13-15-17-18-20-21-23-25-27-29-31-36(44)53-33-35(34-54-57(51,52)56-43-41(49)39(47)38(46)40(48)42(43)50)55-37(45)32-30-28-26-24-22-19-16-14-12-10-8-6-4-2/h11,13,15,17,19,22,26,28,35,38-43,46-50H,3-10,12,14,16,18,20-21,23-25,27,29-34H2,1-2H3,(H,51,52)/b13-11+,17-15+,22-19+,28-26+/t35?,38?,39-,40?,41?,42?,43?/m0/s1. The van der Waals surface area contributed by atoms with E-state index in [9.17, 15) is 44.6 Å². The van der Waals surface area contributed by atoms with E-state index in [0.29, 0.717) is 12.8 Å². The van der Waals surface area contributed by atoms with Crippen LogP contribution in [0.1, 0.15) is 155 Å². The molecule has 0 aromatic rings. The molecule has 7 unspecified atom stereocenters. The average Bonchev–Trinajstić information content (AvgIpc) is 3.19. The van der Waals surface area contributed by atoms with Crippen LogP contribution in [0.4, 0.5) is 0 Å². The Kier molecular flexibility index (Phi) is 31.2. The number of rotatable bonds is 34. The van der Waals surface area contributed by atoms with Gasteiger partial charge in [0.05, 0.1) is 6.61 Å². The van der Waals surface area contributed by atoms with Crippen molar-refractivity contribution in [1.29, 1.82) is 0 Å². The van der Waals surface area contributed by atoms with Crippen molar-refractivity contribution < 1.29 is 63.1 Å². The van der Waals surface area contributed by atoms with E-state index in [0.717, 1.165) is 57.8 Å². The van der Waals surface area contributed by atoms with Gasteiger partial charge in [-0.05, 0) is 57.8 Å². The van der Waals surface area contributed by atoms with E-state index < -0.39 is 75.7 Å². The van der Waals surface area contributed by atoms with Gasteiger partial charge < -0.3 is 39.9 Å². The zero-order valence-corrected chi connectivity index (χ0v) is 35.5. The number of esters is 2. The third-order valence-electron chi connectivity index (χ3n) is 9.68. The quantitative estimate of drug-likeness (QED) is 0.0121. The molecule has 0 radical (unpaired) electrons. The Morgan fingerprint density at radius 1 is 0.561 bits per heavy atom. The number of phosphoric ester groups is 1. The summed E-state index contributed by atoms with van der Waals surface area (Å²) in [4.78, 5) is 35.5. The van der Waals surface area contributed by atoms with Gasteiger partial charge >= 0.3 is 19.8 Å². The van der Waals surface area contributed by atoms with Crippen molar-refractivity contribution in [3.05, 3.63) is 48.6 Å². The Bertz CT molecular complexity index is 1190. The van der Waals surface area contributed by atoms with Crippen LogP contribution in [0.3, 0.4) is 0 Å². The molecule has 1 aliphatic rings. The summed E-state index contributed by atoms with van der Waals surface area (Å²) in [6, 6.07) is 0. The molecular weight excluding hydrogens is 755 g/mol. The molecule has 0 amide bonds. The number of phosphoric acid groups is 1. The predicted octanol–water partition coefficient (Wildman–Crippen LogP) is 7.61. The van der Waals surface area contributed by atoms with Crippen molar-refractivity contribution >= 4 is 19.8 Å². The second-order valence-corrected chi connectivity index (χ2v) is 16.3. The molecule has 1 aliphatic carbocycles. The van der Waals surface area contributed by atoms with E-state index in [1.165, 1.54) is 57.8 Å². The lowest BCUT2D eigenvalue weighted by atomic mass is 9.85. The Labute approximate surface area is 341 Å². The molecule has 1 rings (SSSR count). The maximum Gasteiger partial charge on any atom is 0.472 e. The summed E-state index contributed by atoms with van der Waals surface area (Å²) in [5.41, 5.74) is 0. The zero-order chi connectivity index (χ0) is 42.2. The molecule has 13 nitrogen and oxygen atoms in total. The monoisotopic (exact) mass is 830 g/mol.